The summed E-state index contributed by atoms with van der Waals surface area (Å²) in [4.78, 5) is 25.4. The van der Waals surface area contributed by atoms with E-state index in [2.05, 4.69) is 12.2 Å². The van der Waals surface area contributed by atoms with Crippen molar-refractivity contribution < 1.29 is 9.90 Å². The van der Waals surface area contributed by atoms with Gasteiger partial charge >= 0.3 is 0 Å². The van der Waals surface area contributed by atoms with Gasteiger partial charge in [0, 0.05) is 22.3 Å². The van der Waals surface area contributed by atoms with E-state index in [4.69, 9.17) is 0 Å². The molecule has 0 radical (unpaired) electrons. The number of thioether (sulfide) groups is 1. The molecule has 0 saturated carbocycles. The van der Waals surface area contributed by atoms with Gasteiger partial charge in [0.2, 0.25) is 0 Å². The highest BCUT2D eigenvalue weighted by molar-refractivity contribution is 7.99. The van der Waals surface area contributed by atoms with E-state index in [-0.39, 0.29) is 12.1 Å². The molecule has 5 nitrogen and oxygen atoms in total. The maximum absolute atomic E-state index is 12.4. The first-order valence-electron chi connectivity index (χ1n) is 7.76. The third-order valence-electron chi connectivity index (χ3n) is 3.63. The van der Waals surface area contributed by atoms with Crippen LogP contribution < -0.4 is 10.9 Å². The number of nitrogens with one attached hydrogen (secondary N) is 1. The van der Waals surface area contributed by atoms with E-state index in [0.717, 1.165) is 10.6 Å². The average Bonchev–Trinajstić information content (AvgIpc) is 2.52. The molecule has 2 rings (SSSR count). The smallest absolute Gasteiger partial charge is 0.257 e. The Kier molecular flexibility index (Phi) is 5.85. The Labute approximate surface area is 145 Å². The van der Waals surface area contributed by atoms with Crippen molar-refractivity contribution in [3.05, 3.63) is 58.5 Å². The molecule has 1 aromatic heterocycles. The number of rotatable bonds is 6. The van der Waals surface area contributed by atoms with E-state index in [0.29, 0.717) is 11.4 Å². The number of aromatic nitrogens is 1. The fraction of sp³-hybridized carbons (Fsp3) is 0.333. The summed E-state index contributed by atoms with van der Waals surface area (Å²) < 4.78 is 1.39. The molecule has 1 amide bonds. The number of aliphatic hydroxyl groups is 1. The second kappa shape index (κ2) is 7.68. The Morgan fingerprint density at radius 1 is 1.29 bits per heavy atom. The van der Waals surface area contributed by atoms with Gasteiger partial charge < -0.3 is 15.0 Å². The molecule has 0 aliphatic carbocycles. The number of hydrogen-bond donors (Lipinski definition) is 2. The molecule has 2 aromatic rings. The first kappa shape index (κ1) is 18.3. The Hall–Kier alpha value is -2.05. The zero-order chi connectivity index (χ0) is 17.7. The third kappa shape index (κ3) is 4.49. The van der Waals surface area contributed by atoms with Crippen LogP contribution in [0.2, 0.25) is 0 Å². The van der Waals surface area contributed by atoms with Crippen LogP contribution >= 0.6 is 11.8 Å². The highest BCUT2D eigenvalue weighted by Gasteiger charge is 2.31. The summed E-state index contributed by atoms with van der Waals surface area (Å²) in [7, 11) is 0. The van der Waals surface area contributed by atoms with Gasteiger partial charge in [0.1, 0.15) is 0 Å². The van der Waals surface area contributed by atoms with Gasteiger partial charge in [0.25, 0.3) is 11.5 Å². The molecule has 1 heterocycles. The van der Waals surface area contributed by atoms with Crippen LogP contribution in [0.4, 0.5) is 5.69 Å². The fourth-order valence-corrected chi connectivity index (χ4v) is 3.02. The Bertz CT molecular complexity index is 784. The predicted octanol–water partition coefficient (Wildman–Crippen LogP) is 2.66. The van der Waals surface area contributed by atoms with E-state index in [1.165, 1.54) is 17.6 Å². The number of carbonyl (C=O) groups is 1. The normalized spacial score (nSPS) is 13.3. The van der Waals surface area contributed by atoms with Crippen molar-refractivity contribution in [1.82, 2.24) is 4.57 Å². The molecule has 0 aliphatic heterocycles. The molecular formula is C18H22N2O3S. The Balaban J connectivity index is 2.16. The number of benzene rings is 1. The van der Waals surface area contributed by atoms with Crippen molar-refractivity contribution in [2.75, 3.05) is 11.1 Å². The molecule has 1 aromatic carbocycles. The molecule has 1 atom stereocenters. The van der Waals surface area contributed by atoms with Crippen LogP contribution in [-0.2, 0) is 11.3 Å². The molecule has 128 valence electrons. The highest BCUT2D eigenvalue weighted by Crippen LogP contribution is 2.22. The first-order valence-corrected chi connectivity index (χ1v) is 8.75. The molecule has 6 heteroatoms. The lowest BCUT2D eigenvalue weighted by Crippen LogP contribution is -2.46. The van der Waals surface area contributed by atoms with Crippen molar-refractivity contribution in [2.24, 2.45) is 0 Å². The summed E-state index contributed by atoms with van der Waals surface area (Å²) in [5.74, 6) is 0.391. The van der Waals surface area contributed by atoms with Crippen LogP contribution in [0.1, 0.15) is 19.5 Å². The zero-order valence-electron chi connectivity index (χ0n) is 14.1. The largest absolute Gasteiger partial charge is 0.378 e. The minimum absolute atomic E-state index is 0.103. The zero-order valence-corrected chi connectivity index (χ0v) is 14.9. The van der Waals surface area contributed by atoms with Crippen molar-refractivity contribution in [3.8, 4) is 0 Å². The molecule has 0 spiro atoms. The van der Waals surface area contributed by atoms with E-state index < -0.39 is 11.5 Å². The van der Waals surface area contributed by atoms with E-state index in [1.54, 1.807) is 36.9 Å². The SMILES string of the molecule is CCSc1cccc(NC(=O)[C@@](C)(O)Cn2c(C)cccc2=O)c1. The minimum atomic E-state index is -1.70. The predicted molar refractivity (Wildman–Crippen MR) is 97.5 cm³/mol. The van der Waals surface area contributed by atoms with Gasteiger partial charge in [-0.15, -0.1) is 11.8 Å². The topological polar surface area (TPSA) is 71.3 Å². The maximum atomic E-state index is 12.4. The molecule has 0 saturated heterocycles. The summed E-state index contributed by atoms with van der Waals surface area (Å²) in [5.41, 5.74) is -0.638. The van der Waals surface area contributed by atoms with E-state index in [9.17, 15) is 14.7 Å². The van der Waals surface area contributed by atoms with Crippen LogP contribution in [0.15, 0.2) is 52.2 Å². The second-order valence-electron chi connectivity index (χ2n) is 5.78. The van der Waals surface area contributed by atoms with Gasteiger partial charge in [-0.25, -0.2) is 0 Å². The summed E-state index contributed by atoms with van der Waals surface area (Å²) in [6, 6.07) is 12.3. The fourth-order valence-electron chi connectivity index (χ4n) is 2.30. The quantitative estimate of drug-likeness (QED) is 0.789. The summed E-state index contributed by atoms with van der Waals surface area (Å²) in [6.45, 7) is 5.13. The van der Waals surface area contributed by atoms with E-state index in [1.807, 2.05) is 18.2 Å². The number of anilines is 1. The minimum Gasteiger partial charge on any atom is -0.378 e. The highest BCUT2D eigenvalue weighted by atomic mass is 32.2. The van der Waals surface area contributed by atoms with Gasteiger partial charge in [-0.3, -0.25) is 9.59 Å². The lowest BCUT2D eigenvalue weighted by Gasteiger charge is -2.24. The van der Waals surface area contributed by atoms with Crippen LogP contribution in [0.3, 0.4) is 0 Å². The first-order chi connectivity index (χ1) is 11.3. The van der Waals surface area contributed by atoms with Crippen LogP contribution in [0.5, 0.6) is 0 Å². The third-order valence-corrected chi connectivity index (χ3v) is 4.50. The number of amides is 1. The van der Waals surface area contributed by atoms with Gasteiger partial charge in [-0.05, 0) is 43.9 Å². The maximum Gasteiger partial charge on any atom is 0.257 e. The molecular weight excluding hydrogens is 324 g/mol. The number of pyridine rings is 1. The number of carbonyl (C=O) groups excluding carboxylic acids is 1. The average molecular weight is 346 g/mol. The second-order valence-corrected chi connectivity index (χ2v) is 7.12. The van der Waals surface area contributed by atoms with Crippen molar-refractivity contribution in [2.45, 2.75) is 37.8 Å². The van der Waals surface area contributed by atoms with Gasteiger partial charge in [0.15, 0.2) is 5.60 Å². The molecule has 0 unspecified atom stereocenters. The Morgan fingerprint density at radius 3 is 2.67 bits per heavy atom. The monoisotopic (exact) mass is 346 g/mol. The summed E-state index contributed by atoms with van der Waals surface area (Å²) >= 11 is 1.67. The summed E-state index contributed by atoms with van der Waals surface area (Å²) in [5, 5.41) is 13.3. The van der Waals surface area contributed by atoms with E-state index >= 15 is 0 Å². The number of hydrogen-bond acceptors (Lipinski definition) is 4. The molecule has 0 bridgehead atoms. The lowest BCUT2D eigenvalue weighted by molar-refractivity contribution is -0.133. The summed E-state index contributed by atoms with van der Waals surface area (Å²) in [6.07, 6.45) is 0. The Morgan fingerprint density at radius 2 is 2.00 bits per heavy atom. The van der Waals surface area contributed by atoms with Gasteiger partial charge in [0.05, 0.1) is 6.54 Å². The van der Waals surface area contributed by atoms with Crippen molar-refractivity contribution >= 4 is 23.4 Å². The standard InChI is InChI=1S/C18H22N2O3S/c1-4-24-15-9-6-8-14(11-15)19-17(22)18(3,23)12-20-13(2)7-5-10-16(20)21/h5-11,23H,4,12H2,1-3H3,(H,19,22)/t18-/m0/s1. The lowest BCUT2D eigenvalue weighted by atomic mass is 10.1. The van der Waals surface area contributed by atoms with Crippen molar-refractivity contribution in [3.63, 3.8) is 0 Å². The van der Waals surface area contributed by atoms with Crippen LogP contribution in [-0.4, -0.2) is 26.9 Å². The molecule has 0 fully saturated rings. The molecule has 2 N–H and O–H groups in total. The van der Waals surface area contributed by atoms with Crippen LogP contribution in [0, 0.1) is 6.92 Å². The van der Waals surface area contributed by atoms with Crippen LogP contribution in [0.25, 0.3) is 0 Å². The van der Waals surface area contributed by atoms with Gasteiger partial charge in [-0.1, -0.05) is 19.1 Å². The van der Waals surface area contributed by atoms with Gasteiger partial charge in [-0.2, -0.15) is 0 Å². The molecule has 24 heavy (non-hydrogen) atoms. The molecule has 0 aliphatic rings. The van der Waals surface area contributed by atoms with Crippen molar-refractivity contribution in [1.29, 1.82) is 0 Å². The number of aryl methyl sites for hydroxylation is 1. The number of nitrogens with zero attached hydrogens (tertiary/aromatic N) is 1.